The van der Waals surface area contributed by atoms with E-state index in [0.29, 0.717) is 24.5 Å². The Hall–Kier alpha value is -2.00. The van der Waals surface area contributed by atoms with Crippen LogP contribution < -0.4 is 0 Å². The zero-order valence-corrected chi connectivity index (χ0v) is 11.7. The summed E-state index contributed by atoms with van der Waals surface area (Å²) in [5, 5.41) is 8.67. The van der Waals surface area contributed by atoms with Crippen molar-refractivity contribution < 1.29 is 9.21 Å². The summed E-state index contributed by atoms with van der Waals surface area (Å²) in [7, 11) is 0. The maximum absolute atomic E-state index is 12.3. The molecule has 0 aliphatic heterocycles. The van der Waals surface area contributed by atoms with E-state index in [0.717, 1.165) is 4.47 Å². The molecule has 2 aromatic heterocycles. The highest BCUT2D eigenvalue weighted by Crippen LogP contribution is 2.14. The van der Waals surface area contributed by atoms with Crippen molar-refractivity contribution in [2.24, 2.45) is 0 Å². The quantitative estimate of drug-likeness (QED) is 0.920. The van der Waals surface area contributed by atoms with Crippen molar-refractivity contribution in [2.75, 3.05) is 6.54 Å². The predicted octanol–water partition coefficient (Wildman–Crippen LogP) is 2.93. The molecule has 98 valence electrons. The Kier molecular flexibility index (Phi) is 4.42. The van der Waals surface area contributed by atoms with Crippen LogP contribution in [0.5, 0.6) is 0 Å². The van der Waals surface area contributed by atoms with Crippen molar-refractivity contribution >= 4 is 21.8 Å². The highest BCUT2D eigenvalue weighted by Gasteiger charge is 2.18. The number of nitrogens with one attached hydrogen (secondary N) is 1. The van der Waals surface area contributed by atoms with E-state index in [4.69, 9.17) is 9.68 Å². The number of hydrogen-bond acceptors (Lipinski definition) is 3. The highest BCUT2D eigenvalue weighted by atomic mass is 79.9. The normalized spacial score (nSPS) is 10.1. The standard InChI is InChI=1S/C13H12BrN3O2/c14-10-7-12(16-8-10)13(18)17(5-2-4-15)9-11-3-1-6-19-11/h1,3,6-8,16H,2,5,9H2. The molecule has 0 aromatic carbocycles. The third-order valence-electron chi connectivity index (χ3n) is 2.59. The highest BCUT2D eigenvalue weighted by molar-refractivity contribution is 9.10. The van der Waals surface area contributed by atoms with E-state index in [1.165, 1.54) is 0 Å². The number of hydrogen-bond donors (Lipinski definition) is 1. The Bertz CT molecular complexity index is 583. The minimum atomic E-state index is -0.155. The fourth-order valence-electron chi connectivity index (χ4n) is 1.69. The van der Waals surface area contributed by atoms with Gasteiger partial charge in [-0.15, -0.1) is 0 Å². The van der Waals surface area contributed by atoms with Gasteiger partial charge in [0.1, 0.15) is 11.5 Å². The Morgan fingerprint density at radius 1 is 1.58 bits per heavy atom. The molecule has 0 saturated heterocycles. The second-order valence-corrected chi connectivity index (χ2v) is 4.86. The molecule has 1 amide bonds. The summed E-state index contributed by atoms with van der Waals surface area (Å²) in [5.74, 6) is 0.536. The molecule has 0 atom stereocenters. The minimum absolute atomic E-state index is 0.155. The van der Waals surface area contributed by atoms with Crippen molar-refractivity contribution in [2.45, 2.75) is 13.0 Å². The maximum atomic E-state index is 12.3. The van der Waals surface area contributed by atoms with Crippen molar-refractivity contribution in [3.8, 4) is 6.07 Å². The van der Waals surface area contributed by atoms with Crippen molar-refractivity contribution in [3.63, 3.8) is 0 Å². The number of halogens is 1. The Balaban J connectivity index is 2.12. The first-order valence-corrected chi connectivity index (χ1v) is 6.52. The van der Waals surface area contributed by atoms with E-state index in [9.17, 15) is 4.79 Å². The molecule has 0 aliphatic carbocycles. The largest absolute Gasteiger partial charge is 0.467 e. The van der Waals surface area contributed by atoms with E-state index in [1.807, 2.05) is 6.07 Å². The Labute approximate surface area is 118 Å². The van der Waals surface area contributed by atoms with Crippen LogP contribution in [0.2, 0.25) is 0 Å². The molecule has 1 N–H and O–H groups in total. The van der Waals surface area contributed by atoms with Gasteiger partial charge >= 0.3 is 0 Å². The first-order chi connectivity index (χ1) is 9.20. The molecule has 0 fully saturated rings. The zero-order valence-electron chi connectivity index (χ0n) is 10.1. The van der Waals surface area contributed by atoms with Gasteiger partial charge in [0.05, 0.1) is 25.3 Å². The predicted molar refractivity (Wildman–Crippen MR) is 72.2 cm³/mol. The summed E-state index contributed by atoms with van der Waals surface area (Å²) in [6.45, 7) is 0.719. The molecular weight excluding hydrogens is 310 g/mol. The molecule has 0 radical (unpaired) electrons. The minimum Gasteiger partial charge on any atom is -0.467 e. The molecule has 2 heterocycles. The van der Waals surface area contributed by atoms with Crippen molar-refractivity contribution in [1.29, 1.82) is 5.26 Å². The summed E-state index contributed by atoms with van der Waals surface area (Å²) in [4.78, 5) is 16.8. The topological polar surface area (TPSA) is 73.0 Å². The van der Waals surface area contributed by atoms with Crippen LogP contribution >= 0.6 is 15.9 Å². The van der Waals surface area contributed by atoms with Gasteiger partial charge in [-0.05, 0) is 34.1 Å². The molecular formula is C13H12BrN3O2. The summed E-state index contributed by atoms with van der Waals surface area (Å²) >= 11 is 3.29. The summed E-state index contributed by atoms with van der Waals surface area (Å²) in [6, 6.07) is 7.33. The molecule has 0 unspecified atom stereocenters. The number of nitrogens with zero attached hydrogens (tertiary/aromatic N) is 2. The lowest BCUT2D eigenvalue weighted by molar-refractivity contribution is 0.0730. The van der Waals surface area contributed by atoms with Gasteiger partial charge in [-0.25, -0.2) is 0 Å². The lowest BCUT2D eigenvalue weighted by Crippen LogP contribution is -2.31. The fourth-order valence-corrected chi connectivity index (χ4v) is 2.03. The lowest BCUT2D eigenvalue weighted by atomic mass is 10.3. The summed E-state index contributed by atoms with van der Waals surface area (Å²) in [5.41, 5.74) is 0.483. The van der Waals surface area contributed by atoms with Crippen molar-refractivity contribution in [3.05, 3.63) is 46.6 Å². The second kappa shape index (κ2) is 6.25. The van der Waals surface area contributed by atoms with Crippen LogP contribution in [0.3, 0.4) is 0 Å². The van der Waals surface area contributed by atoms with Gasteiger partial charge in [-0.3, -0.25) is 4.79 Å². The molecule has 19 heavy (non-hydrogen) atoms. The lowest BCUT2D eigenvalue weighted by Gasteiger charge is -2.19. The van der Waals surface area contributed by atoms with Crippen LogP contribution in [0.4, 0.5) is 0 Å². The van der Waals surface area contributed by atoms with E-state index in [1.54, 1.807) is 35.6 Å². The SMILES string of the molecule is N#CCCN(Cc1ccco1)C(=O)c1cc(Br)c[nH]1. The molecule has 0 saturated carbocycles. The number of furan rings is 1. The molecule has 0 spiro atoms. The smallest absolute Gasteiger partial charge is 0.270 e. The van der Waals surface area contributed by atoms with Gasteiger partial charge in [0.15, 0.2) is 0 Å². The van der Waals surface area contributed by atoms with Crippen LogP contribution in [0.25, 0.3) is 0 Å². The number of carbonyl (C=O) groups is 1. The van der Waals surface area contributed by atoms with Gasteiger partial charge < -0.3 is 14.3 Å². The molecule has 5 nitrogen and oxygen atoms in total. The van der Waals surface area contributed by atoms with E-state index in [2.05, 4.69) is 20.9 Å². The number of rotatable bonds is 5. The van der Waals surface area contributed by atoms with Gasteiger partial charge in [0.2, 0.25) is 0 Å². The van der Waals surface area contributed by atoms with E-state index < -0.39 is 0 Å². The molecule has 0 aliphatic rings. The third-order valence-corrected chi connectivity index (χ3v) is 3.04. The molecule has 0 bridgehead atoms. The Morgan fingerprint density at radius 3 is 3.00 bits per heavy atom. The fraction of sp³-hybridized carbons (Fsp3) is 0.231. The average molecular weight is 322 g/mol. The molecule has 6 heteroatoms. The second-order valence-electron chi connectivity index (χ2n) is 3.95. The summed E-state index contributed by atoms with van der Waals surface area (Å²) in [6.07, 6.45) is 3.55. The van der Waals surface area contributed by atoms with Crippen LogP contribution in [-0.4, -0.2) is 22.3 Å². The molecule has 2 aromatic rings. The first kappa shape index (κ1) is 13.4. The van der Waals surface area contributed by atoms with Gasteiger partial charge in [-0.1, -0.05) is 0 Å². The van der Waals surface area contributed by atoms with Crippen LogP contribution in [0, 0.1) is 11.3 Å². The van der Waals surface area contributed by atoms with Crippen LogP contribution in [0.15, 0.2) is 39.5 Å². The number of H-pyrrole nitrogens is 1. The molecule has 2 rings (SSSR count). The van der Waals surface area contributed by atoms with Crippen LogP contribution in [0.1, 0.15) is 22.7 Å². The number of amides is 1. The maximum Gasteiger partial charge on any atom is 0.270 e. The van der Waals surface area contributed by atoms with E-state index >= 15 is 0 Å². The first-order valence-electron chi connectivity index (χ1n) is 5.73. The zero-order chi connectivity index (χ0) is 13.7. The van der Waals surface area contributed by atoms with E-state index in [-0.39, 0.29) is 12.3 Å². The van der Waals surface area contributed by atoms with Gasteiger partial charge in [-0.2, -0.15) is 5.26 Å². The number of nitriles is 1. The van der Waals surface area contributed by atoms with Gasteiger partial charge in [0.25, 0.3) is 5.91 Å². The monoisotopic (exact) mass is 321 g/mol. The van der Waals surface area contributed by atoms with Crippen molar-refractivity contribution in [1.82, 2.24) is 9.88 Å². The average Bonchev–Trinajstić information content (AvgIpc) is 3.05. The van der Waals surface area contributed by atoms with Crippen LogP contribution in [-0.2, 0) is 6.54 Å². The number of carbonyl (C=O) groups excluding carboxylic acids is 1. The van der Waals surface area contributed by atoms with Gasteiger partial charge in [0, 0.05) is 17.2 Å². The third kappa shape index (κ3) is 3.48. The number of aromatic nitrogens is 1. The summed E-state index contributed by atoms with van der Waals surface area (Å²) < 4.78 is 6.05. The Morgan fingerprint density at radius 2 is 2.42 bits per heavy atom. The number of aromatic amines is 1.